The first-order valence-corrected chi connectivity index (χ1v) is 9.58. The van der Waals surface area contributed by atoms with E-state index in [4.69, 9.17) is 4.74 Å². The van der Waals surface area contributed by atoms with Crippen molar-refractivity contribution in [1.82, 2.24) is 4.90 Å². The molecular weight excluding hydrogens is 372 g/mol. The molecule has 0 saturated heterocycles. The van der Waals surface area contributed by atoms with Gasteiger partial charge in [0.2, 0.25) is 0 Å². The third-order valence-electron chi connectivity index (χ3n) is 4.66. The van der Waals surface area contributed by atoms with Crippen molar-refractivity contribution >= 4 is 0 Å². The van der Waals surface area contributed by atoms with Gasteiger partial charge in [-0.3, -0.25) is 4.90 Å². The number of para-hydroxylation sites is 1. The van der Waals surface area contributed by atoms with Crippen molar-refractivity contribution in [2.45, 2.75) is 26.1 Å². The Morgan fingerprint density at radius 1 is 0.897 bits per heavy atom. The predicted octanol–water partition coefficient (Wildman–Crippen LogP) is 4.72. The number of aliphatic hydroxyl groups excluding tert-OH is 1. The van der Waals surface area contributed by atoms with E-state index in [1.807, 2.05) is 36.1 Å². The van der Waals surface area contributed by atoms with Crippen molar-refractivity contribution < 1.29 is 18.6 Å². The molecule has 0 aliphatic rings. The number of aryl methyl sites for hydroxylation is 1. The number of rotatable bonds is 9. The molecule has 0 unspecified atom stereocenters. The molecule has 3 nitrogen and oxygen atoms in total. The monoisotopic (exact) mass is 397 g/mol. The Morgan fingerprint density at radius 3 is 2.31 bits per heavy atom. The SMILES string of the molecule is Cc1ccccc1OC[C@H](O)CN(Cc1ccc(F)cc1)Cc1ccccc1F. The maximum Gasteiger partial charge on any atom is 0.127 e. The Labute approximate surface area is 170 Å². The molecule has 0 aliphatic heterocycles. The molecule has 0 aliphatic carbocycles. The Morgan fingerprint density at radius 2 is 1.59 bits per heavy atom. The van der Waals surface area contributed by atoms with E-state index < -0.39 is 6.10 Å². The summed E-state index contributed by atoms with van der Waals surface area (Å²) in [6.45, 7) is 3.14. The van der Waals surface area contributed by atoms with Gasteiger partial charge in [0.1, 0.15) is 30.1 Å². The number of hydrogen-bond acceptors (Lipinski definition) is 3. The van der Waals surface area contributed by atoms with E-state index in [9.17, 15) is 13.9 Å². The van der Waals surface area contributed by atoms with Crippen LogP contribution in [0, 0.1) is 18.6 Å². The zero-order chi connectivity index (χ0) is 20.6. The van der Waals surface area contributed by atoms with Crippen LogP contribution in [-0.4, -0.2) is 29.3 Å². The van der Waals surface area contributed by atoms with Gasteiger partial charge in [-0.25, -0.2) is 8.78 Å². The third-order valence-corrected chi connectivity index (χ3v) is 4.66. The number of nitrogens with zero attached hydrogens (tertiary/aromatic N) is 1. The van der Waals surface area contributed by atoms with Crippen LogP contribution >= 0.6 is 0 Å². The zero-order valence-corrected chi connectivity index (χ0v) is 16.4. The molecule has 29 heavy (non-hydrogen) atoms. The van der Waals surface area contributed by atoms with E-state index >= 15 is 0 Å². The molecule has 0 radical (unpaired) electrons. The van der Waals surface area contributed by atoms with Crippen molar-refractivity contribution in [3.63, 3.8) is 0 Å². The van der Waals surface area contributed by atoms with Crippen LogP contribution in [0.4, 0.5) is 8.78 Å². The maximum atomic E-state index is 14.1. The molecule has 1 N–H and O–H groups in total. The predicted molar refractivity (Wildman–Crippen MR) is 110 cm³/mol. The molecule has 0 spiro atoms. The maximum absolute atomic E-state index is 14.1. The quantitative estimate of drug-likeness (QED) is 0.567. The van der Waals surface area contributed by atoms with Crippen LogP contribution in [0.3, 0.4) is 0 Å². The van der Waals surface area contributed by atoms with Gasteiger partial charge < -0.3 is 9.84 Å². The Bertz CT molecular complexity index is 915. The largest absolute Gasteiger partial charge is 0.491 e. The van der Waals surface area contributed by atoms with E-state index in [2.05, 4.69) is 0 Å². The van der Waals surface area contributed by atoms with Gasteiger partial charge in [0.15, 0.2) is 0 Å². The summed E-state index contributed by atoms with van der Waals surface area (Å²) in [4.78, 5) is 1.93. The van der Waals surface area contributed by atoms with E-state index in [1.165, 1.54) is 18.2 Å². The van der Waals surface area contributed by atoms with Crippen LogP contribution in [0.5, 0.6) is 5.75 Å². The van der Waals surface area contributed by atoms with E-state index in [0.717, 1.165) is 16.9 Å². The number of ether oxygens (including phenoxy) is 1. The molecule has 1 atom stereocenters. The lowest BCUT2D eigenvalue weighted by Crippen LogP contribution is -2.35. The summed E-state index contributed by atoms with van der Waals surface area (Å²) >= 11 is 0. The highest BCUT2D eigenvalue weighted by Gasteiger charge is 2.16. The summed E-state index contributed by atoms with van der Waals surface area (Å²) in [5.74, 6) is 0.133. The van der Waals surface area contributed by atoms with Crippen LogP contribution in [-0.2, 0) is 13.1 Å². The van der Waals surface area contributed by atoms with Gasteiger partial charge in [-0.1, -0.05) is 48.5 Å². The van der Waals surface area contributed by atoms with Crippen LogP contribution < -0.4 is 4.74 Å². The number of benzene rings is 3. The van der Waals surface area contributed by atoms with Gasteiger partial charge in [-0.2, -0.15) is 0 Å². The molecule has 0 heterocycles. The van der Waals surface area contributed by atoms with Gasteiger partial charge >= 0.3 is 0 Å². The summed E-state index contributed by atoms with van der Waals surface area (Å²) < 4.78 is 33.1. The van der Waals surface area contributed by atoms with E-state index in [1.54, 1.807) is 30.3 Å². The lowest BCUT2D eigenvalue weighted by atomic mass is 10.1. The summed E-state index contributed by atoms with van der Waals surface area (Å²) in [6.07, 6.45) is -0.762. The molecule has 3 rings (SSSR count). The average Bonchev–Trinajstić information content (AvgIpc) is 2.71. The number of halogens is 2. The molecule has 0 bridgehead atoms. The first kappa shape index (κ1) is 21.0. The first-order chi connectivity index (χ1) is 14.0. The number of hydrogen-bond donors (Lipinski definition) is 1. The van der Waals surface area contributed by atoms with E-state index in [-0.39, 0.29) is 24.8 Å². The van der Waals surface area contributed by atoms with Crippen molar-refractivity contribution in [3.05, 3.63) is 101 Å². The fourth-order valence-electron chi connectivity index (χ4n) is 3.16. The third kappa shape index (κ3) is 6.38. The standard InChI is InChI=1S/C24H25F2NO2/c1-18-6-2-5-9-24(18)29-17-22(28)16-27(14-19-10-12-21(25)13-11-19)15-20-7-3-4-8-23(20)26/h2-13,22,28H,14-17H2,1H3/t22-/m1/s1. The Kier molecular flexibility index (Phi) is 7.33. The summed E-state index contributed by atoms with van der Waals surface area (Å²) in [7, 11) is 0. The molecule has 3 aromatic carbocycles. The van der Waals surface area contributed by atoms with Gasteiger partial charge in [0.05, 0.1) is 0 Å². The highest BCUT2D eigenvalue weighted by atomic mass is 19.1. The minimum absolute atomic E-state index is 0.127. The summed E-state index contributed by atoms with van der Waals surface area (Å²) in [6, 6.07) is 20.4. The van der Waals surface area contributed by atoms with Crippen LogP contribution in [0.1, 0.15) is 16.7 Å². The fourth-order valence-corrected chi connectivity index (χ4v) is 3.16. The van der Waals surface area contributed by atoms with Crippen LogP contribution in [0.15, 0.2) is 72.8 Å². The van der Waals surface area contributed by atoms with Gasteiger partial charge in [0, 0.05) is 25.2 Å². The Hall–Kier alpha value is -2.76. The molecule has 152 valence electrons. The first-order valence-electron chi connectivity index (χ1n) is 9.58. The molecule has 5 heteroatoms. The second-order valence-electron chi connectivity index (χ2n) is 7.12. The molecule has 3 aromatic rings. The second kappa shape index (κ2) is 10.1. The van der Waals surface area contributed by atoms with Gasteiger partial charge in [0.25, 0.3) is 0 Å². The lowest BCUT2D eigenvalue weighted by Gasteiger charge is -2.26. The van der Waals surface area contributed by atoms with Crippen molar-refractivity contribution in [1.29, 1.82) is 0 Å². The Balaban J connectivity index is 1.67. The minimum atomic E-state index is -0.762. The zero-order valence-electron chi connectivity index (χ0n) is 16.4. The molecule has 0 saturated carbocycles. The van der Waals surface area contributed by atoms with Crippen molar-refractivity contribution in [3.8, 4) is 5.75 Å². The minimum Gasteiger partial charge on any atom is -0.491 e. The second-order valence-corrected chi connectivity index (χ2v) is 7.12. The van der Waals surface area contributed by atoms with Gasteiger partial charge in [-0.05, 0) is 42.3 Å². The smallest absolute Gasteiger partial charge is 0.127 e. The van der Waals surface area contributed by atoms with E-state index in [0.29, 0.717) is 18.7 Å². The molecule has 0 aromatic heterocycles. The number of aliphatic hydroxyl groups is 1. The summed E-state index contributed by atoms with van der Waals surface area (Å²) in [5.41, 5.74) is 2.42. The average molecular weight is 397 g/mol. The highest BCUT2D eigenvalue weighted by molar-refractivity contribution is 5.31. The van der Waals surface area contributed by atoms with Crippen LogP contribution in [0.25, 0.3) is 0 Å². The van der Waals surface area contributed by atoms with Gasteiger partial charge in [-0.15, -0.1) is 0 Å². The highest BCUT2D eigenvalue weighted by Crippen LogP contribution is 2.17. The molecule has 0 fully saturated rings. The summed E-state index contributed by atoms with van der Waals surface area (Å²) in [5, 5.41) is 10.5. The normalized spacial score (nSPS) is 12.2. The molecular formula is C24H25F2NO2. The van der Waals surface area contributed by atoms with Crippen molar-refractivity contribution in [2.24, 2.45) is 0 Å². The molecule has 0 amide bonds. The van der Waals surface area contributed by atoms with Crippen LogP contribution in [0.2, 0.25) is 0 Å². The lowest BCUT2D eigenvalue weighted by molar-refractivity contribution is 0.0622. The fraction of sp³-hybridized carbons (Fsp3) is 0.250. The topological polar surface area (TPSA) is 32.7 Å². The van der Waals surface area contributed by atoms with Crippen molar-refractivity contribution in [2.75, 3.05) is 13.2 Å².